The molecule has 0 amide bonds. The van der Waals surface area contributed by atoms with E-state index in [1.807, 2.05) is 13.0 Å². The number of carbonyl (C=O) groups excluding carboxylic acids is 2. The molecule has 17 heavy (non-hydrogen) atoms. The average molecular weight is 237 g/mol. The molecule has 0 bridgehead atoms. The Bertz CT molecular complexity index is 320. The quantitative estimate of drug-likeness (QED) is 0.480. The topological polar surface area (TPSA) is 57.2 Å². The van der Waals surface area contributed by atoms with E-state index in [4.69, 9.17) is 0 Å². The molecule has 0 aromatic rings. The Morgan fingerprint density at radius 3 is 2.12 bits per heavy atom. The predicted molar refractivity (Wildman–Crippen MR) is 66.3 cm³/mol. The van der Waals surface area contributed by atoms with Gasteiger partial charge in [-0.25, -0.2) is 0 Å². The average Bonchev–Trinajstić information content (AvgIpc) is 2.15. The Balaban J connectivity index is 3.80. The van der Waals surface area contributed by atoms with Crippen LogP contribution >= 0.6 is 0 Å². The summed E-state index contributed by atoms with van der Waals surface area (Å²) in [5.41, 5.74) is 2.55. The molecule has 0 aliphatic rings. The van der Waals surface area contributed by atoms with Crippen molar-refractivity contribution < 1.29 is 14.7 Å². The second kappa shape index (κ2) is 8.74. The van der Waals surface area contributed by atoms with E-state index in [2.05, 4.69) is 19.9 Å². The van der Waals surface area contributed by atoms with Crippen molar-refractivity contribution in [2.75, 3.05) is 0 Å². The highest BCUT2D eigenvalue weighted by Gasteiger charge is 2.00. The van der Waals surface area contributed by atoms with Crippen LogP contribution in [0.15, 0.2) is 23.3 Å². The molecule has 0 radical (unpaired) electrons. The lowest BCUT2D eigenvalue weighted by Gasteiger charge is -2.01. The van der Waals surface area contributed by atoms with Crippen molar-refractivity contribution in [1.29, 1.82) is 0 Å². The lowest BCUT2D eigenvalue weighted by Crippen LogP contribution is -2.25. The third kappa shape index (κ3) is 10.9. The second-order valence-electron chi connectivity index (χ2n) is 4.50. The molecule has 0 saturated carbocycles. The molecule has 0 atom stereocenters. The molecule has 0 aliphatic heterocycles. The van der Waals surface area contributed by atoms with Crippen LogP contribution in [-0.2, 0) is 9.59 Å². The first-order chi connectivity index (χ1) is 7.91. The van der Waals surface area contributed by atoms with Crippen LogP contribution in [0.1, 0.15) is 52.9 Å². The van der Waals surface area contributed by atoms with Crippen molar-refractivity contribution in [3.05, 3.63) is 23.3 Å². The maximum Gasteiger partial charge on any atom is 0.138 e. The normalized spacial score (nSPS) is 11.1. The summed E-state index contributed by atoms with van der Waals surface area (Å²) in [5.74, 6) is -1.56. The molecule has 0 fully saturated rings. The Hall–Kier alpha value is -1.38. The van der Waals surface area contributed by atoms with Gasteiger partial charge in [-0.1, -0.05) is 23.3 Å². The van der Waals surface area contributed by atoms with Crippen LogP contribution in [-0.4, -0.2) is 11.8 Å². The number of aliphatic carboxylic acids is 1. The highest BCUT2D eigenvalue weighted by molar-refractivity contribution is 5.93. The zero-order chi connectivity index (χ0) is 13.3. The Morgan fingerprint density at radius 2 is 1.59 bits per heavy atom. The lowest BCUT2D eigenvalue weighted by molar-refractivity contribution is -0.304. The van der Waals surface area contributed by atoms with E-state index in [0.29, 0.717) is 6.42 Å². The van der Waals surface area contributed by atoms with E-state index in [1.165, 1.54) is 11.1 Å². The monoisotopic (exact) mass is 237 g/mol. The molecule has 0 N–H and O–H groups in total. The maximum absolute atomic E-state index is 11.1. The zero-order valence-corrected chi connectivity index (χ0v) is 10.9. The number of Topliss-reactive ketones (excluding diaryl/α,β-unsaturated/α-hetero) is 1. The van der Waals surface area contributed by atoms with Gasteiger partial charge in [-0.2, -0.15) is 0 Å². The number of hydrogen-bond donors (Lipinski definition) is 0. The van der Waals surface area contributed by atoms with E-state index < -0.39 is 12.4 Å². The summed E-state index contributed by atoms with van der Waals surface area (Å²) in [4.78, 5) is 21.2. The van der Waals surface area contributed by atoms with E-state index in [1.54, 1.807) is 0 Å². The number of allylic oxidation sites excluding steroid dienone is 4. The van der Waals surface area contributed by atoms with Crippen LogP contribution in [0.25, 0.3) is 0 Å². The second-order valence-corrected chi connectivity index (χ2v) is 4.50. The Morgan fingerprint density at radius 1 is 1.00 bits per heavy atom. The van der Waals surface area contributed by atoms with Crippen LogP contribution in [0.2, 0.25) is 0 Å². The molecule has 96 valence electrons. The van der Waals surface area contributed by atoms with Crippen LogP contribution in [0, 0.1) is 0 Å². The van der Waals surface area contributed by atoms with Crippen LogP contribution < -0.4 is 5.11 Å². The minimum Gasteiger partial charge on any atom is -0.550 e. The van der Waals surface area contributed by atoms with Gasteiger partial charge in [0.25, 0.3) is 0 Å². The van der Waals surface area contributed by atoms with Gasteiger partial charge in [-0.3, -0.25) is 4.79 Å². The molecular weight excluding hydrogens is 216 g/mol. The summed E-state index contributed by atoms with van der Waals surface area (Å²) in [5, 5.41) is 10.2. The molecule has 0 rings (SSSR count). The van der Waals surface area contributed by atoms with E-state index in [0.717, 1.165) is 12.8 Å². The van der Waals surface area contributed by atoms with Gasteiger partial charge in [-0.15, -0.1) is 0 Å². The summed E-state index contributed by atoms with van der Waals surface area (Å²) in [6.45, 7) is 6.16. The summed E-state index contributed by atoms with van der Waals surface area (Å²) in [6, 6.07) is 0. The first-order valence-corrected chi connectivity index (χ1v) is 5.92. The number of carboxylic acid groups (broad SMARTS) is 1. The van der Waals surface area contributed by atoms with Gasteiger partial charge in [0.05, 0.1) is 0 Å². The minimum atomic E-state index is -1.29. The summed E-state index contributed by atoms with van der Waals surface area (Å²) in [7, 11) is 0. The molecule has 3 heteroatoms. The molecule has 0 saturated heterocycles. The van der Waals surface area contributed by atoms with Crippen LogP contribution in [0.4, 0.5) is 0 Å². The van der Waals surface area contributed by atoms with Crippen LogP contribution in [0.3, 0.4) is 0 Å². The lowest BCUT2D eigenvalue weighted by atomic mass is 10.1. The van der Waals surface area contributed by atoms with Gasteiger partial charge in [0, 0.05) is 18.8 Å². The minimum absolute atomic E-state index is 0.265. The van der Waals surface area contributed by atoms with Crippen molar-refractivity contribution in [2.24, 2.45) is 0 Å². The SMILES string of the molecule is CC(C)=CCC/C(C)=C/CCC(=O)CC(=O)[O-]. The number of rotatable bonds is 8. The van der Waals surface area contributed by atoms with Crippen LogP contribution in [0.5, 0.6) is 0 Å². The van der Waals surface area contributed by atoms with E-state index in [-0.39, 0.29) is 12.2 Å². The molecule has 0 heterocycles. The Kier molecular flexibility index (Phi) is 8.03. The van der Waals surface area contributed by atoms with Gasteiger partial charge in [0.15, 0.2) is 0 Å². The first kappa shape index (κ1) is 15.6. The standard InChI is InChI=1S/C14H22O3/c1-11(2)6-4-7-12(3)8-5-9-13(15)10-14(16)17/h6,8H,4-5,7,9-10H2,1-3H3,(H,16,17)/p-1/b12-8+. The molecule has 3 nitrogen and oxygen atoms in total. The number of hydrogen-bond acceptors (Lipinski definition) is 3. The number of carbonyl (C=O) groups is 2. The summed E-state index contributed by atoms with van der Waals surface area (Å²) < 4.78 is 0. The van der Waals surface area contributed by atoms with Gasteiger partial charge >= 0.3 is 0 Å². The number of carboxylic acids is 1. The van der Waals surface area contributed by atoms with Crippen molar-refractivity contribution in [2.45, 2.75) is 52.9 Å². The van der Waals surface area contributed by atoms with Gasteiger partial charge in [0.1, 0.15) is 5.78 Å². The molecule has 0 aliphatic carbocycles. The van der Waals surface area contributed by atoms with Crippen molar-refractivity contribution in [1.82, 2.24) is 0 Å². The van der Waals surface area contributed by atoms with E-state index >= 15 is 0 Å². The third-order valence-corrected chi connectivity index (χ3v) is 2.35. The highest BCUT2D eigenvalue weighted by Crippen LogP contribution is 2.08. The largest absolute Gasteiger partial charge is 0.550 e. The van der Waals surface area contributed by atoms with Gasteiger partial charge in [-0.05, 0) is 40.0 Å². The highest BCUT2D eigenvalue weighted by atomic mass is 16.4. The fraction of sp³-hybridized carbons (Fsp3) is 0.571. The molecule has 0 aromatic carbocycles. The van der Waals surface area contributed by atoms with Gasteiger partial charge < -0.3 is 9.90 Å². The fourth-order valence-electron chi connectivity index (χ4n) is 1.42. The predicted octanol–water partition coefficient (Wildman–Crippen LogP) is 2.17. The fourth-order valence-corrected chi connectivity index (χ4v) is 1.42. The van der Waals surface area contributed by atoms with Crippen molar-refractivity contribution in [3.63, 3.8) is 0 Å². The smallest absolute Gasteiger partial charge is 0.138 e. The molecule has 0 unspecified atom stereocenters. The van der Waals surface area contributed by atoms with Gasteiger partial charge in [0.2, 0.25) is 0 Å². The Labute approximate surface area is 103 Å². The maximum atomic E-state index is 11.1. The first-order valence-electron chi connectivity index (χ1n) is 5.92. The zero-order valence-electron chi connectivity index (χ0n) is 10.9. The molecule has 0 spiro atoms. The molecule has 0 aromatic heterocycles. The summed E-state index contributed by atoms with van der Waals surface area (Å²) >= 11 is 0. The van der Waals surface area contributed by atoms with Crippen molar-refractivity contribution >= 4 is 11.8 Å². The van der Waals surface area contributed by atoms with E-state index in [9.17, 15) is 14.7 Å². The third-order valence-electron chi connectivity index (χ3n) is 2.35. The molecular formula is C14H21O3-. The summed E-state index contributed by atoms with van der Waals surface area (Å²) in [6.07, 6.45) is 6.62. The number of ketones is 1. The van der Waals surface area contributed by atoms with Crippen molar-refractivity contribution in [3.8, 4) is 0 Å².